The number of amides is 2. The van der Waals surface area contributed by atoms with Crippen LogP contribution in [0.15, 0.2) is 34.9 Å². The van der Waals surface area contributed by atoms with E-state index in [1.807, 2.05) is 18.2 Å². The van der Waals surface area contributed by atoms with Gasteiger partial charge in [0, 0.05) is 25.6 Å². The molecule has 0 spiro atoms. The fourth-order valence-electron chi connectivity index (χ4n) is 2.79. The van der Waals surface area contributed by atoms with Crippen LogP contribution in [0.5, 0.6) is 0 Å². The minimum atomic E-state index is -0.176. The second kappa shape index (κ2) is 7.92. The van der Waals surface area contributed by atoms with Crippen molar-refractivity contribution in [3.05, 3.63) is 47.6 Å². The van der Waals surface area contributed by atoms with Crippen molar-refractivity contribution in [1.29, 1.82) is 0 Å². The van der Waals surface area contributed by atoms with E-state index in [9.17, 15) is 4.79 Å². The Kier molecular flexibility index (Phi) is 5.43. The molecule has 2 heterocycles. The molecule has 7 heteroatoms. The summed E-state index contributed by atoms with van der Waals surface area (Å²) in [5.41, 5.74) is 1.15. The summed E-state index contributed by atoms with van der Waals surface area (Å²) in [5.74, 6) is 1.13. The van der Waals surface area contributed by atoms with Gasteiger partial charge in [-0.2, -0.15) is 4.98 Å². The summed E-state index contributed by atoms with van der Waals surface area (Å²) in [5, 5.41) is 9.55. The van der Waals surface area contributed by atoms with Gasteiger partial charge in [0.15, 0.2) is 5.82 Å². The number of nitrogens with one attached hydrogen (secondary N) is 2. The third-order valence-electron chi connectivity index (χ3n) is 3.98. The Balaban J connectivity index is 1.42. The van der Waals surface area contributed by atoms with Gasteiger partial charge >= 0.3 is 6.03 Å². The number of carbonyl (C=O) groups excluding carboxylic acids is 1. The lowest BCUT2D eigenvalue weighted by Gasteiger charge is -2.30. The summed E-state index contributed by atoms with van der Waals surface area (Å²) in [6, 6.07) is 10.0. The minimum absolute atomic E-state index is 0.0339. The Labute approximate surface area is 140 Å². The molecule has 0 saturated carbocycles. The fraction of sp³-hybridized carbons (Fsp3) is 0.471. The standard InChI is InChI=1S/C17H22N4O3/c1-12-19-16(24-21-12)7-9-18-17(22)20-14-8-10-23-15(11-14)13-5-3-2-4-6-13/h2-6,14-15H,7-11H2,1H3,(H2,18,20,22)/t14-,15-/m0/s1. The van der Waals surface area contributed by atoms with Gasteiger partial charge in [0.2, 0.25) is 5.89 Å². The van der Waals surface area contributed by atoms with E-state index in [1.54, 1.807) is 6.92 Å². The highest BCUT2D eigenvalue weighted by atomic mass is 16.5. The molecule has 1 aromatic heterocycles. The topological polar surface area (TPSA) is 89.3 Å². The summed E-state index contributed by atoms with van der Waals surface area (Å²) in [6.07, 6.45) is 2.15. The van der Waals surface area contributed by atoms with Gasteiger partial charge in [0.25, 0.3) is 0 Å². The van der Waals surface area contributed by atoms with Crippen molar-refractivity contribution in [2.45, 2.75) is 38.3 Å². The smallest absolute Gasteiger partial charge is 0.315 e. The average Bonchev–Trinajstić information content (AvgIpc) is 3.01. The largest absolute Gasteiger partial charge is 0.373 e. The molecule has 3 rings (SSSR count). The van der Waals surface area contributed by atoms with Crippen molar-refractivity contribution in [1.82, 2.24) is 20.8 Å². The normalized spacial score (nSPS) is 20.5. The van der Waals surface area contributed by atoms with E-state index in [0.717, 1.165) is 18.4 Å². The van der Waals surface area contributed by atoms with Gasteiger partial charge < -0.3 is 19.9 Å². The lowest BCUT2D eigenvalue weighted by Crippen LogP contribution is -2.45. The molecule has 2 N–H and O–H groups in total. The molecule has 1 aliphatic heterocycles. The molecule has 7 nitrogen and oxygen atoms in total. The van der Waals surface area contributed by atoms with E-state index >= 15 is 0 Å². The summed E-state index contributed by atoms with van der Waals surface area (Å²) < 4.78 is 10.8. The molecule has 1 aliphatic rings. The molecule has 24 heavy (non-hydrogen) atoms. The zero-order valence-corrected chi connectivity index (χ0v) is 13.7. The number of urea groups is 1. The Bertz CT molecular complexity index is 659. The number of aromatic nitrogens is 2. The number of nitrogens with zero attached hydrogens (tertiary/aromatic N) is 2. The van der Waals surface area contributed by atoms with Crippen LogP contribution in [-0.4, -0.2) is 35.4 Å². The molecule has 2 aromatic rings. The SMILES string of the molecule is Cc1noc(CCNC(=O)N[C@H]2CCO[C@H](c3ccccc3)C2)n1. The first-order valence-corrected chi connectivity index (χ1v) is 8.21. The molecule has 0 radical (unpaired) electrons. The van der Waals surface area contributed by atoms with Crippen LogP contribution in [-0.2, 0) is 11.2 Å². The monoisotopic (exact) mass is 330 g/mol. The number of ether oxygens (including phenoxy) is 1. The number of carbonyl (C=O) groups is 1. The zero-order valence-electron chi connectivity index (χ0n) is 13.7. The Morgan fingerprint density at radius 1 is 1.33 bits per heavy atom. The molecule has 128 valence electrons. The second-order valence-corrected chi connectivity index (χ2v) is 5.88. The van der Waals surface area contributed by atoms with Gasteiger partial charge in [-0.25, -0.2) is 4.79 Å². The van der Waals surface area contributed by atoms with Crippen molar-refractivity contribution in [2.75, 3.05) is 13.2 Å². The predicted octanol–water partition coefficient (Wildman–Crippen LogP) is 2.14. The number of hydrogen-bond acceptors (Lipinski definition) is 5. The summed E-state index contributed by atoms with van der Waals surface area (Å²) in [4.78, 5) is 16.1. The van der Waals surface area contributed by atoms with Crippen molar-refractivity contribution >= 4 is 6.03 Å². The van der Waals surface area contributed by atoms with E-state index in [4.69, 9.17) is 9.26 Å². The molecule has 2 amide bonds. The molecule has 0 bridgehead atoms. The Morgan fingerprint density at radius 2 is 2.17 bits per heavy atom. The molecule has 0 unspecified atom stereocenters. The van der Waals surface area contributed by atoms with Crippen LogP contribution in [0.1, 0.15) is 36.2 Å². The van der Waals surface area contributed by atoms with Crippen LogP contribution in [0.2, 0.25) is 0 Å². The van der Waals surface area contributed by atoms with Crippen LogP contribution in [0.3, 0.4) is 0 Å². The van der Waals surface area contributed by atoms with Crippen LogP contribution >= 0.6 is 0 Å². The van der Waals surface area contributed by atoms with Gasteiger partial charge in [-0.1, -0.05) is 35.5 Å². The molecular weight excluding hydrogens is 308 g/mol. The Morgan fingerprint density at radius 3 is 2.92 bits per heavy atom. The number of aryl methyl sites for hydroxylation is 1. The molecular formula is C17H22N4O3. The maximum atomic E-state index is 12.0. The maximum Gasteiger partial charge on any atom is 0.315 e. The first-order valence-electron chi connectivity index (χ1n) is 8.21. The molecule has 1 fully saturated rings. The third-order valence-corrected chi connectivity index (χ3v) is 3.98. The minimum Gasteiger partial charge on any atom is -0.373 e. The van der Waals surface area contributed by atoms with Gasteiger partial charge in [0.05, 0.1) is 6.10 Å². The zero-order chi connectivity index (χ0) is 16.8. The van der Waals surface area contributed by atoms with Crippen molar-refractivity contribution in [3.8, 4) is 0 Å². The van der Waals surface area contributed by atoms with Crippen molar-refractivity contribution < 1.29 is 14.1 Å². The van der Waals surface area contributed by atoms with Gasteiger partial charge in [-0.3, -0.25) is 0 Å². The van der Waals surface area contributed by atoms with Crippen molar-refractivity contribution in [2.24, 2.45) is 0 Å². The predicted molar refractivity (Wildman–Crippen MR) is 87.4 cm³/mol. The maximum absolute atomic E-state index is 12.0. The van der Waals surface area contributed by atoms with Gasteiger partial charge in [-0.15, -0.1) is 0 Å². The van der Waals surface area contributed by atoms with E-state index in [0.29, 0.717) is 31.3 Å². The van der Waals surface area contributed by atoms with Crippen molar-refractivity contribution in [3.63, 3.8) is 0 Å². The number of rotatable bonds is 5. The molecule has 1 saturated heterocycles. The highest BCUT2D eigenvalue weighted by Gasteiger charge is 2.24. The van der Waals surface area contributed by atoms with E-state index in [2.05, 4.69) is 32.9 Å². The van der Waals surface area contributed by atoms with Crippen LogP contribution in [0.4, 0.5) is 4.79 Å². The summed E-state index contributed by atoms with van der Waals surface area (Å²) >= 11 is 0. The molecule has 2 atom stereocenters. The lowest BCUT2D eigenvalue weighted by atomic mass is 9.97. The molecule has 0 aliphatic carbocycles. The quantitative estimate of drug-likeness (QED) is 0.877. The third kappa shape index (κ3) is 4.55. The highest BCUT2D eigenvalue weighted by molar-refractivity contribution is 5.74. The van der Waals surface area contributed by atoms with Crippen LogP contribution in [0, 0.1) is 6.92 Å². The lowest BCUT2D eigenvalue weighted by molar-refractivity contribution is 0.00227. The van der Waals surface area contributed by atoms with E-state index in [-0.39, 0.29) is 18.2 Å². The summed E-state index contributed by atoms with van der Waals surface area (Å²) in [6.45, 7) is 2.87. The second-order valence-electron chi connectivity index (χ2n) is 5.88. The fourth-order valence-corrected chi connectivity index (χ4v) is 2.79. The summed E-state index contributed by atoms with van der Waals surface area (Å²) in [7, 11) is 0. The van der Waals surface area contributed by atoms with Crippen LogP contribution in [0.25, 0.3) is 0 Å². The molecule has 1 aromatic carbocycles. The number of benzene rings is 1. The Hall–Kier alpha value is -2.41. The van der Waals surface area contributed by atoms with Crippen LogP contribution < -0.4 is 10.6 Å². The average molecular weight is 330 g/mol. The van der Waals surface area contributed by atoms with E-state index in [1.165, 1.54) is 0 Å². The van der Waals surface area contributed by atoms with Gasteiger partial charge in [0.1, 0.15) is 0 Å². The first kappa shape index (κ1) is 16.4. The highest BCUT2D eigenvalue weighted by Crippen LogP contribution is 2.27. The van der Waals surface area contributed by atoms with Gasteiger partial charge in [-0.05, 0) is 25.3 Å². The van der Waals surface area contributed by atoms with E-state index < -0.39 is 0 Å². The first-order chi connectivity index (χ1) is 11.7. The number of hydrogen-bond donors (Lipinski definition) is 2.